The number of sulfonamides is 1. The maximum Gasteiger partial charge on any atom is 0.261 e. The first-order valence-corrected chi connectivity index (χ1v) is 9.50. The van der Waals surface area contributed by atoms with Gasteiger partial charge in [-0.2, -0.15) is 0 Å². The van der Waals surface area contributed by atoms with Crippen LogP contribution in [0.1, 0.15) is 27.9 Å². The molecule has 0 aliphatic heterocycles. The summed E-state index contributed by atoms with van der Waals surface area (Å²) in [6, 6.07) is 11.2. The third kappa shape index (κ3) is 5.72. The maximum absolute atomic E-state index is 12.5. The van der Waals surface area contributed by atoms with Crippen molar-refractivity contribution in [2.24, 2.45) is 5.73 Å². The molecule has 4 N–H and O–H groups in total. The molecule has 0 radical (unpaired) electrons. The Labute approximate surface area is 160 Å². The Morgan fingerprint density at radius 3 is 2.27 bits per heavy atom. The smallest absolute Gasteiger partial charge is 0.261 e. The first kappa shape index (κ1) is 22.0. The molecule has 26 heavy (non-hydrogen) atoms. The van der Waals surface area contributed by atoms with E-state index in [1.165, 1.54) is 24.3 Å². The zero-order valence-corrected chi connectivity index (χ0v) is 16.4. The number of halogens is 1. The third-order valence-electron chi connectivity index (χ3n) is 3.85. The van der Waals surface area contributed by atoms with E-state index in [1.807, 2.05) is 19.9 Å². The highest BCUT2D eigenvalue weighted by atomic mass is 35.5. The Bertz CT molecular complexity index is 852. The lowest BCUT2D eigenvalue weighted by Gasteiger charge is -2.10. The van der Waals surface area contributed by atoms with Gasteiger partial charge in [-0.15, -0.1) is 12.4 Å². The number of aryl methyl sites for hydroxylation is 2. The number of hydrogen-bond acceptors (Lipinski definition) is 4. The molecule has 2 aromatic rings. The molecule has 1 amide bonds. The van der Waals surface area contributed by atoms with Gasteiger partial charge in [0.05, 0.1) is 4.90 Å². The van der Waals surface area contributed by atoms with E-state index < -0.39 is 10.0 Å². The zero-order valence-electron chi connectivity index (χ0n) is 14.8. The summed E-state index contributed by atoms with van der Waals surface area (Å²) in [7, 11) is -3.70. The van der Waals surface area contributed by atoms with Crippen LogP contribution in [0.25, 0.3) is 0 Å². The molecule has 142 valence electrons. The van der Waals surface area contributed by atoms with Crippen LogP contribution in [0.2, 0.25) is 0 Å². The van der Waals surface area contributed by atoms with Crippen LogP contribution in [0.4, 0.5) is 5.69 Å². The highest BCUT2D eigenvalue weighted by Gasteiger charge is 2.15. The molecule has 2 rings (SSSR count). The van der Waals surface area contributed by atoms with Crippen LogP contribution in [0.5, 0.6) is 0 Å². The molecule has 0 saturated heterocycles. The summed E-state index contributed by atoms with van der Waals surface area (Å²) in [4.78, 5) is 12.0. The van der Waals surface area contributed by atoms with Crippen molar-refractivity contribution < 1.29 is 13.2 Å². The first-order valence-electron chi connectivity index (χ1n) is 8.02. The van der Waals surface area contributed by atoms with Crippen LogP contribution < -0.4 is 15.8 Å². The number of benzene rings is 2. The Kier molecular flexibility index (Phi) is 8.08. The molecule has 0 atom stereocenters. The van der Waals surface area contributed by atoms with Gasteiger partial charge in [-0.05, 0) is 74.3 Å². The van der Waals surface area contributed by atoms with Crippen molar-refractivity contribution in [3.63, 3.8) is 0 Å². The Morgan fingerprint density at radius 1 is 1.04 bits per heavy atom. The van der Waals surface area contributed by atoms with E-state index in [4.69, 9.17) is 5.73 Å². The normalized spacial score (nSPS) is 10.7. The fraction of sp³-hybridized carbons (Fsp3) is 0.278. The fourth-order valence-electron chi connectivity index (χ4n) is 2.21. The van der Waals surface area contributed by atoms with Gasteiger partial charge >= 0.3 is 0 Å². The lowest BCUT2D eigenvalue weighted by molar-refractivity contribution is 0.0953. The van der Waals surface area contributed by atoms with Crippen molar-refractivity contribution in [1.82, 2.24) is 5.32 Å². The molecule has 0 aliphatic rings. The van der Waals surface area contributed by atoms with Crippen molar-refractivity contribution >= 4 is 34.0 Å². The van der Waals surface area contributed by atoms with Crippen molar-refractivity contribution in [3.8, 4) is 0 Å². The van der Waals surface area contributed by atoms with E-state index >= 15 is 0 Å². The molecule has 0 aliphatic carbocycles. The predicted octanol–water partition coefficient (Wildman–Crippen LogP) is 2.60. The summed E-state index contributed by atoms with van der Waals surface area (Å²) in [5, 5.41) is 2.73. The van der Waals surface area contributed by atoms with Gasteiger partial charge < -0.3 is 11.1 Å². The number of nitrogens with two attached hydrogens (primary N) is 1. The van der Waals surface area contributed by atoms with Gasteiger partial charge in [0.25, 0.3) is 15.9 Å². The Hall–Kier alpha value is -2.09. The minimum atomic E-state index is -3.70. The maximum atomic E-state index is 12.5. The summed E-state index contributed by atoms with van der Waals surface area (Å²) in [5.41, 5.74) is 8.38. The highest BCUT2D eigenvalue weighted by Crippen LogP contribution is 2.19. The van der Waals surface area contributed by atoms with Gasteiger partial charge in [0, 0.05) is 17.8 Å². The number of rotatable bonds is 7. The van der Waals surface area contributed by atoms with E-state index in [0.29, 0.717) is 30.8 Å². The fourth-order valence-corrected chi connectivity index (χ4v) is 3.26. The van der Waals surface area contributed by atoms with Crippen LogP contribution in [-0.4, -0.2) is 27.4 Å². The zero-order chi connectivity index (χ0) is 18.4. The average Bonchev–Trinajstić information content (AvgIpc) is 2.58. The minimum absolute atomic E-state index is 0. The quantitative estimate of drug-likeness (QED) is 0.625. The van der Waals surface area contributed by atoms with Gasteiger partial charge in [0.2, 0.25) is 0 Å². The van der Waals surface area contributed by atoms with Gasteiger partial charge in [-0.3, -0.25) is 9.52 Å². The summed E-state index contributed by atoms with van der Waals surface area (Å²) in [5.74, 6) is -0.250. The average molecular weight is 398 g/mol. The molecular formula is C18H24ClN3O3S. The lowest BCUT2D eigenvalue weighted by Crippen LogP contribution is -2.26. The molecular weight excluding hydrogens is 374 g/mol. The van der Waals surface area contributed by atoms with Crippen molar-refractivity contribution in [2.45, 2.75) is 25.2 Å². The molecule has 8 heteroatoms. The van der Waals surface area contributed by atoms with E-state index in [1.54, 1.807) is 12.1 Å². The lowest BCUT2D eigenvalue weighted by atomic mass is 10.1. The Morgan fingerprint density at radius 2 is 1.69 bits per heavy atom. The summed E-state index contributed by atoms with van der Waals surface area (Å²) in [6.45, 7) is 4.88. The van der Waals surface area contributed by atoms with Crippen molar-refractivity contribution in [3.05, 3.63) is 59.2 Å². The van der Waals surface area contributed by atoms with Crippen LogP contribution in [0.15, 0.2) is 47.4 Å². The number of nitrogens with one attached hydrogen (secondary N) is 2. The van der Waals surface area contributed by atoms with Gasteiger partial charge in [0.15, 0.2) is 0 Å². The van der Waals surface area contributed by atoms with E-state index in [-0.39, 0.29) is 23.2 Å². The topological polar surface area (TPSA) is 101 Å². The second-order valence-corrected chi connectivity index (χ2v) is 7.51. The van der Waals surface area contributed by atoms with Gasteiger partial charge in [0.1, 0.15) is 0 Å². The summed E-state index contributed by atoms with van der Waals surface area (Å²) >= 11 is 0. The molecule has 0 saturated carbocycles. The standard InChI is InChI=1S/C18H23N3O3S.ClH/c1-13-4-7-16(12-14(13)2)21-25(23,24)17-8-5-15(6-9-17)18(22)20-11-3-10-19;/h4-9,12,21H,3,10-11,19H2,1-2H3,(H,20,22);1H. The Balaban J connectivity index is 0.00000338. The molecule has 6 nitrogen and oxygen atoms in total. The molecule has 2 aromatic carbocycles. The van der Waals surface area contributed by atoms with Crippen LogP contribution >= 0.6 is 12.4 Å². The molecule has 0 unspecified atom stereocenters. The largest absolute Gasteiger partial charge is 0.352 e. The van der Waals surface area contributed by atoms with Crippen molar-refractivity contribution in [2.75, 3.05) is 17.8 Å². The molecule has 0 aromatic heterocycles. The molecule has 0 heterocycles. The van der Waals surface area contributed by atoms with Crippen molar-refractivity contribution in [1.29, 1.82) is 0 Å². The van der Waals surface area contributed by atoms with Crippen LogP contribution in [0.3, 0.4) is 0 Å². The number of anilines is 1. The SMILES string of the molecule is Cc1ccc(NS(=O)(=O)c2ccc(C(=O)NCCCN)cc2)cc1C.Cl. The van der Waals surface area contributed by atoms with E-state index in [2.05, 4.69) is 10.0 Å². The molecule has 0 bridgehead atoms. The summed E-state index contributed by atoms with van der Waals surface area (Å²) < 4.78 is 27.5. The van der Waals surface area contributed by atoms with E-state index in [9.17, 15) is 13.2 Å². The molecule has 0 fully saturated rings. The number of hydrogen-bond donors (Lipinski definition) is 3. The van der Waals surface area contributed by atoms with Crippen LogP contribution in [-0.2, 0) is 10.0 Å². The second kappa shape index (κ2) is 9.56. The second-order valence-electron chi connectivity index (χ2n) is 5.83. The van der Waals surface area contributed by atoms with E-state index in [0.717, 1.165) is 11.1 Å². The predicted molar refractivity (Wildman–Crippen MR) is 106 cm³/mol. The first-order chi connectivity index (χ1) is 11.8. The monoisotopic (exact) mass is 397 g/mol. The molecule has 0 spiro atoms. The van der Waals surface area contributed by atoms with Gasteiger partial charge in [-0.25, -0.2) is 8.42 Å². The number of amides is 1. The van der Waals surface area contributed by atoms with Gasteiger partial charge in [-0.1, -0.05) is 6.07 Å². The minimum Gasteiger partial charge on any atom is -0.352 e. The third-order valence-corrected chi connectivity index (χ3v) is 5.25. The number of carbonyl (C=O) groups excluding carboxylic acids is 1. The summed E-state index contributed by atoms with van der Waals surface area (Å²) in [6.07, 6.45) is 0.693. The highest BCUT2D eigenvalue weighted by molar-refractivity contribution is 7.92. The van der Waals surface area contributed by atoms with Crippen LogP contribution in [0, 0.1) is 13.8 Å². The number of carbonyl (C=O) groups is 1.